The third-order valence-electron chi connectivity index (χ3n) is 12.4. The number of hydrogen-bond acceptors (Lipinski definition) is 6. The molecule has 6 heteroatoms. The van der Waals surface area contributed by atoms with Crippen LogP contribution in [-0.2, 0) is 28.6 Å². The first kappa shape index (κ1) is 69.5. The summed E-state index contributed by atoms with van der Waals surface area (Å²) in [7, 11) is 0. The van der Waals surface area contributed by atoms with E-state index < -0.39 is 12.1 Å². The van der Waals surface area contributed by atoms with Crippen LogP contribution in [0.3, 0.4) is 0 Å². The summed E-state index contributed by atoms with van der Waals surface area (Å²) in [5.74, 6) is -1.06. The summed E-state index contributed by atoms with van der Waals surface area (Å²) in [6.45, 7) is 6.29. The van der Waals surface area contributed by atoms with Crippen LogP contribution in [0.15, 0.2) is 134 Å². The van der Waals surface area contributed by atoms with E-state index in [0.717, 1.165) is 109 Å². The highest BCUT2D eigenvalue weighted by atomic mass is 16.6. The molecule has 0 saturated heterocycles. The summed E-state index contributed by atoms with van der Waals surface area (Å²) >= 11 is 0. The van der Waals surface area contributed by atoms with Crippen LogP contribution in [0.2, 0.25) is 0 Å². The minimum atomic E-state index is -0.832. The van der Waals surface area contributed by atoms with Gasteiger partial charge in [-0.05, 0) is 96.3 Å². The van der Waals surface area contributed by atoms with Crippen molar-refractivity contribution in [3.8, 4) is 0 Å². The van der Waals surface area contributed by atoms with Crippen LogP contribution in [0.1, 0.15) is 258 Å². The van der Waals surface area contributed by atoms with Crippen molar-refractivity contribution >= 4 is 17.9 Å². The van der Waals surface area contributed by atoms with E-state index in [2.05, 4.69) is 142 Å². The SMILES string of the molecule is CC/C=C\C/C=C\C/C=C\C/C=C\C/C=C\C/C=C\CCCCCCCCCCCCCCCCC(=O)OCC(COC(=O)CCCCCCCCCC)OC(=O)C/C=C\C/C=C\C/C=C\C/C=C\C/C=C\CC. The summed E-state index contributed by atoms with van der Waals surface area (Å²) in [6, 6.07) is 0. The van der Waals surface area contributed by atoms with Crippen LogP contribution in [0, 0.1) is 0 Å². The largest absolute Gasteiger partial charge is 0.462 e. The predicted molar refractivity (Wildman–Crippen MR) is 320 cm³/mol. The molecule has 1 unspecified atom stereocenters. The molecule has 0 aliphatic heterocycles. The number of hydrogen-bond donors (Lipinski definition) is 0. The normalized spacial score (nSPS) is 13.1. The summed E-state index contributed by atoms with van der Waals surface area (Å²) in [5.41, 5.74) is 0. The van der Waals surface area contributed by atoms with Gasteiger partial charge in [0.1, 0.15) is 13.2 Å². The van der Waals surface area contributed by atoms with E-state index in [1.165, 1.54) is 109 Å². The molecule has 74 heavy (non-hydrogen) atoms. The number of rotatable bonds is 53. The van der Waals surface area contributed by atoms with Gasteiger partial charge in [-0.15, -0.1) is 0 Å². The zero-order valence-electron chi connectivity index (χ0n) is 47.8. The first-order valence-corrected chi connectivity index (χ1v) is 30.2. The van der Waals surface area contributed by atoms with Crippen LogP contribution in [0.4, 0.5) is 0 Å². The maximum Gasteiger partial charge on any atom is 0.310 e. The summed E-state index contributed by atoms with van der Waals surface area (Å²) in [6.07, 6.45) is 86.5. The lowest BCUT2D eigenvalue weighted by Gasteiger charge is -2.18. The zero-order valence-corrected chi connectivity index (χ0v) is 47.8. The topological polar surface area (TPSA) is 78.9 Å². The summed E-state index contributed by atoms with van der Waals surface area (Å²) < 4.78 is 16.7. The van der Waals surface area contributed by atoms with Gasteiger partial charge < -0.3 is 14.2 Å². The van der Waals surface area contributed by atoms with Crippen LogP contribution in [0.25, 0.3) is 0 Å². The average Bonchev–Trinajstić information content (AvgIpc) is 3.40. The maximum absolute atomic E-state index is 12.7. The Balaban J connectivity index is 4.16. The first-order chi connectivity index (χ1) is 36.5. The van der Waals surface area contributed by atoms with Crippen molar-refractivity contribution < 1.29 is 28.6 Å². The molecule has 0 aliphatic rings. The monoisotopic (exact) mass is 1020 g/mol. The Morgan fingerprint density at radius 1 is 0.297 bits per heavy atom. The first-order valence-electron chi connectivity index (χ1n) is 30.2. The number of allylic oxidation sites excluding steroid dienone is 21. The molecule has 0 amide bonds. The molecule has 0 aliphatic carbocycles. The molecule has 418 valence electrons. The third kappa shape index (κ3) is 58.4. The fourth-order valence-corrected chi connectivity index (χ4v) is 7.99. The lowest BCUT2D eigenvalue weighted by atomic mass is 10.0. The fourth-order valence-electron chi connectivity index (χ4n) is 7.99. The highest BCUT2D eigenvalue weighted by Crippen LogP contribution is 2.15. The van der Waals surface area contributed by atoms with Gasteiger partial charge in [-0.25, -0.2) is 0 Å². The molecule has 0 heterocycles. The smallest absolute Gasteiger partial charge is 0.310 e. The Labute approximate surface area is 455 Å². The Hall–Kier alpha value is -4.45. The minimum absolute atomic E-state index is 0.0947. The number of carbonyl (C=O) groups excluding carboxylic acids is 3. The predicted octanol–water partition coefficient (Wildman–Crippen LogP) is 20.6. The van der Waals surface area contributed by atoms with Gasteiger partial charge in [-0.1, -0.05) is 276 Å². The van der Waals surface area contributed by atoms with Gasteiger partial charge in [0.15, 0.2) is 6.10 Å². The molecule has 0 saturated carbocycles. The number of esters is 3. The summed E-state index contributed by atoms with van der Waals surface area (Å²) in [4.78, 5) is 37.9. The molecule has 0 aromatic carbocycles. The number of carbonyl (C=O) groups is 3. The Morgan fingerprint density at radius 2 is 0.568 bits per heavy atom. The van der Waals surface area contributed by atoms with Crippen molar-refractivity contribution in [2.75, 3.05) is 13.2 Å². The van der Waals surface area contributed by atoms with Gasteiger partial charge >= 0.3 is 17.9 Å². The molecule has 0 aromatic heterocycles. The standard InChI is InChI=1S/C68H110O6/c1-4-7-10-13-16-19-21-23-25-26-27-28-29-30-31-32-33-34-35-36-37-38-39-40-41-42-44-45-47-49-52-55-58-61-67(70)73-64-65(63-72-66(69)60-57-54-51-18-15-12-9-6-3)74-68(71)62-59-56-53-50-48-46-43-24-22-20-17-14-11-8-5-2/h7-8,10-11,16-17,19-20,23-25,27-28,30-31,33-34,43,48,50,56,59,65H,4-6,9,12-15,18,21-22,26,29,32,35-42,44-47,49,51-55,57-58,60-64H2,1-3H3/b10-7-,11-8-,19-16-,20-17-,25-23-,28-27-,31-30-,34-33-,43-24-,50-48-,59-56-. The van der Waals surface area contributed by atoms with E-state index in [4.69, 9.17) is 14.2 Å². The van der Waals surface area contributed by atoms with Crippen molar-refractivity contribution in [3.63, 3.8) is 0 Å². The second kappa shape index (κ2) is 61.1. The van der Waals surface area contributed by atoms with Gasteiger partial charge in [-0.2, -0.15) is 0 Å². The van der Waals surface area contributed by atoms with Gasteiger partial charge in [-0.3, -0.25) is 14.4 Å². The van der Waals surface area contributed by atoms with Crippen molar-refractivity contribution in [2.24, 2.45) is 0 Å². The average molecular weight is 1020 g/mol. The molecule has 0 bridgehead atoms. The van der Waals surface area contributed by atoms with E-state index in [-0.39, 0.29) is 31.6 Å². The molecule has 0 aromatic rings. The Kier molecular flexibility index (Phi) is 57.4. The molecular formula is C68H110O6. The second-order valence-electron chi connectivity index (χ2n) is 19.5. The number of unbranched alkanes of at least 4 members (excludes halogenated alkanes) is 21. The van der Waals surface area contributed by atoms with E-state index in [9.17, 15) is 14.4 Å². The van der Waals surface area contributed by atoms with Gasteiger partial charge in [0, 0.05) is 12.8 Å². The molecule has 0 fully saturated rings. The molecule has 6 nitrogen and oxygen atoms in total. The van der Waals surface area contributed by atoms with Crippen molar-refractivity contribution in [1.82, 2.24) is 0 Å². The van der Waals surface area contributed by atoms with E-state index in [1.54, 1.807) is 6.08 Å². The Morgan fingerprint density at radius 3 is 0.892 bits per heavy atom. The molecule has 0 rings (SSSR count). The van der Waals surface area contributed by atoms with Crippen LogP contribution >= 0.6 is 0 Å². The van der Waals surface area contributed by atoms with E-state index in [1.807, 2.05) is 6.08 Å². The zero-order chi connectivity index (χ0) is 53.6. The van der Waals surface area contributed by atoms with Crippen LogP contribution < -0.4 is 0 Å². The lowest BCUT2D eigenvalue weighted by Crippen LogP contribution is -2.30. The lowest BCUT2D eigenvalue weighted by molar-refractivity contribution is -0.166. The quantitative estimate of drug-likeness (QED) is 0.0261. The molecule has 0 spiro atoms. The summed E-state index contributed by atoms with van der Waals surface area (Å²) in [5, 5.41) is 0. The van der Waals surface area contributed by atoms with Gasteiger partial charge in [0.05, 0.1) is 6.42 Å². The van der Waals surface area contributed by atoms with Gasteiger partial charge in [0.25, 0.3) is 0 Å². The third-order valence-corrected chi connectivity index (χ3v) is 12.4. The van der Waals surface area contributed by atoms with Crippen LogP contribution in [0.5, 0.6) is 0 Å². The van der Waals surface area contributed by atoms with Crippen molar-refractivity contribution in [2.45, 2.75) is 264 Å². The second-order valence-corrected chi connectivity index (χ2v) is 19.5. The maximum atomic E-state index is 12.7. The van der Waals surface area contributed by atoms with E-state index in [0.29, 0.717) is 12.8 Å². The van der Waals surface area contributed by atoms with Gasteiger partial charge in [0.2, 0.25) is 0 Å². The highest BCUT2D eigenvalue weighted by Gasteiger charge is 2.19. The van der Waals surface area contributed by atoms with Crippen LogP contribution in [-0.4, -0.2) is 37.2 Å². The van der Waals surface area contributed by atoms with E-state index >= 15 is 0 Å². The minimum Gasteiger partial charge on any atom is -0.462 e. The highest BCUT2D eigenvalue weighted by molar-refractivity contribution is 5.72. The Bertz CT molecular complexity index is 1600. The number of ether oxygens (including phenoxy) is 3. The van der Waals surface area contributed by atoms with Crippen molar-refractivity contribution in [3.05, 3.63) is 134 Å². The molecular weight excluding hydrogens is 913 g/mol. The fraction of sp³-hybridized carbons (Fsp3) is 0.632. The van der Waals surface area contributed by atoms with Crippen molar-refractivity contribution in [1.29, 1.82) is 0 Å². The molecule has 0 N–H and O–H groups in total. The molecule has 1 atom stereocenters. The molecule has 0 radical (unpaired) electrons.